The fourth-order valence-electron chi connectivity index (χ4n) is 1.97. The van der Waals surface area contributed by atoms with Crippen molar-refractivity contribution in [2.45, 2.75) is 19.3 Å². The average Bonchev–Trinajstić information content (AvgIpc) is 2.73. The molecular formula is C19H35NO11. The molecule has 0 aliphatic heterocycles. The van der Waals surface area contributed by atoms with Gasteiger partial charge in [-0.3, -0.25) is 9.59 Å². The maximum Gasteiger partial charge on any atom is 0.329 e. The Labute approximate surface area is 182 Å². The Morgan fingerprint density at radius 1 is 0.548 bits per heavy atom. The molecule has 0 fully saturated rings. The van der Waals surface area contributed by atoms with Crippen LogP contribution in [0.4, 0.5) is 0 Å². The van der Waals surface area contributed by atoms with Crippen LogP contribution in [0.5, 0.6) is 0 Å². The molecule has 0 atom stereocenters. The van der Waals surface area contributed by atoms with Crippen molar-refractivity contribution < 1.29 is 53.0 Å². The van der Waals surface area contributed by atoms with Crippen LogP contribution >= 0.6 is 0 Å². The number of nitrogens with one attached hydrogen (secondary N) is 1. The molecule has 0 spiro atoms. The summed E-state index contributed by atoms with van der Waals surface area (Å²) in [4.78, 5) is 31.8. The second kappa shape index (κ2) is 22.8. The van der Waals surface area contributed by atoms with Gasteiger partial charge in [0.1, 0.15) is 6.61 Å². The average molecular weight is 453 g/mol. The van der Waals surface area contributed by atoms with Crippen LogP contribution in [0.3, 0.4) is 0 Å². The second-order valence-electron chi connectivity index (χ2n) is 6.11. The van der Waals surface area contributed by atoms with E-state index < -0.39 is 11.9 Å². The largest absolute Gasteiger partial charge is 0.481 e. The fraction of sp³-hybridized carbons (Fsp3) is 0.842. The highest BCUT2D eigenvalue weighted by atomic mass is 16.6. The summed E-state index contributed by atoms with van der Waals surface area (Å²) >= 11 is 0. The Hall–Kier alpha value is -1.83. The zero-order valence-electron chi connectivity index (χ0n) is 17.9. The summed E-state index contributed by atoms with van der Waals surface area (Å²) in [5.41, 5.74) is 0. The smallest absolute Gasteiger partial charge is 0.329 e. The van der Waals surface area contributed by atoms with Crippen molar-refractivity contribution in [2.24, 2.45) is 0 Å². The summed E-state index contributed by atoms with van der Waals surface area (Å²) in [5, 5.41) is 19.5. The van der Waals surface area contributed by atoms with Crippen LogP contribution in [0.1, 0.15) is 19.3 Å². The number of rotatable bonds is 24. The van der Waals surface area contributed by atoms with E-state index in [9.17, 15) is 14.4 Å². The van der Waals surface area contributed by atoms with E-state index in [-0.39, 0.29) is 32.0 Å². The SMILES string of the molecule is O=C(O)CCC(=O)NCCCOCCOCCOCCOCCOCCOCC(=O)O. The fourth-order valence-corrected chi connectivity index (χ4v) is 1.97. The van der Waals surface area contributed by atoms with Crippen LogP contribution in [-0.2, 0) is 42.8 Å². The molecule has 0 aliphatic carbocycles. The molecule has 0 saturated carbocycles. The first kappa shape index (κ1) is 29.2. The monoisotopic (exact) mass is 453 g/mol. The minimum absolute atomic E-state index is 0.0138. The van der Waals surface area contributed by atoms with Crippen molar-refractivity contribution in [1.82, 2.24) is 5.32 Å². The summed E-state index contributed by atoms with van der Waals surface area (Å²) in [6.07, 6.45) is 0.464. The van der Waals surface area contributed by atoms with Crippen LogP contribution in [-0.4, -0.2) is 114 Å². The zero-order valence-corrected chi connectivity index (χ0v) is 17.9. The molecule has 12 nitrogen and oxygen atoms in total. The molecule has 0 rings (SSSR count). The number of carbonyl (C=O) groups is 3. The highest BCUT2D eigenvalue weighted by Gasteiger charge is 2.04. The Bertz CT molecular complexity index is 462. The Kier molecular flexibility index (Phi) is 21.5. The van der Waals surface area contributed by atoms with Crippen molar-refractivity contribution in [3.63, 3.8) is 0 Å². The summed E-state index contributed by atoms with van der Waals surface area (Å²) in [6, 6.07) is 0. The molecule has 1 amide bonds. The van der Waals surface area contributed by atoms with Gasteiger partial charge < -0.3 is 44.0 Å². The first-order valence-electron chi connectivity index (χ1n) is 10.2. The van der Waals surface area contributed by atoms with Gasteiger partial charge in [-0.15, -0.1) is 0 Å². The predicted octanol–water partition coefficient (Wildman–Crippen LogP) is -0.458. The summed E-state index contributed by atoms with van der Waals surface area (Å²) in [5.74, 6) is -2.27. The van der Waals surface area contributed by atoms with Crippen LogP contribution < -0.4 is 5.32 Å². The van der Waals surface area contributed by atoms with Crippen molar-refractivity contribution in [2.75, 3.05) is 85.8 Å². The van der Waals surface area contributed by atoms with E-state index in [0.29, 0.717) is 79.0 Å². The molecule has 0 aromatic rings. The van der Waals surface area contributed by atoms with E-state index in [1.54, 1.807) is 0 Å². The standard InChI is InChI=1S/C19H35NO11/c21-17(2-3-18(22)23)20-4-1-5-26-6-7-27-8-9-28-10-11-29-12-13-30-14-15-31-16-19(24)25/h1-16H2,(H,20,21)(H,22,23)(H,24,25). The number of hydrogen-bond acceptors (Lipinski definition) is 9. The van der Waals surface area contributed by atoms with E-state index in [2.05, 4.69) is 5.32 Å². The number of aliphatic carboxylic acids is 2. The van der Waals surface area contributed by atoms with Gasteiger partial charge in [0.15, 0.2) is 0 Å². The molecule has 12 heteroatoms. The molecule has 3 N–H and O–H groups in total. The van der Waals surface area contributed by atoms with Crippen molar-refractivity contribution >= 4 is 17.8 Å². The molecule has 0 aliphatic rings. The molecule has 0 aromatic heterocycles. The van der Waals surface area contributed by atoms with Gasteiger partial charge in [0.2, 0.25) is 5.91 Å². The third-order valence-electron chi connectivity index (χ3n) is 3.44. The molecule has 0 saturated heterocycles. The quantitative estimate of drug-likeness (QED) is 0.162. The highest BCUT2D eigenvalue weighted by molar-refractivity contribution is 5.80. The lowest BCUT2D eigenvalue weighted by Crippen LogP contribution is -2.25. The molecule has 0 unspecified atom stereocenters. The number of amides is 1. The van der Waals surface area contributed by atoms with Crippen LogP contribution in [0.2, 0.25) is 0 Å². The van der Waals surface area contributed by atoms with Crippen molar-refractivity contribution in [3.8, 4) is 0 Å². The van der Waals surface area contributed by atoms with Crippen LogP contribution in [0.15, 0.2) is 0 Å². The van der Waals surface area contributed by atoms with Gasteiger partial charge in [-0.2, -0.15) is 0 Å². The predicted molar refractivity (Wildman–Crippen MR) is 107 cm³/mol. The number of hydrogen-bond donors (Lipinski definition) is 3. The van der Waals surface area contributed by atoms with E-state index in [0.717, 1.165) is 0 Å². The van der Waals surface area contributed by atoms with Gasteiger partial charge in [-0.05, 0) is 6.42 Å². The van der Waals surface area contributed by atoms with Gasteiger partial charge in [-0.25, -0.2) is 4.79 Å². The topological polar surface area (TPSA) is 159 Å². The summed E-state index contributed by atoms with van der Waals surface area (Å²) in [6.45, 7) is 4.63. The second-order valence-corrected chi connectivity index (χ2v) is 6.11. The van der Waals surface area contributed by atoms with Crippen LogP contribution in [0.25, 0.3) is 0 Å². The van der Waals surface area contributed by atoms with Gasteiger partial charge >= 0.3 is 11.9 Å². The number of carboxylic acid groups (broad SMARTS) is 2. The molecule has 31 heavy (non-hydrogen) atoms. The van der Waals surface area contributed by atoms with Gasteiger partial charge in [0.25, 0.3) is 0 Å². The van der Waals surface area contributed by atoms with Crippen LogP contribution in [0, 0.1) is 0 Å². The third kappa shape index (κ3) is 26.1. The number of ether oxygens (including phenoxy) is 6. The molecule has 0 bridgehead atoms. The van der Waals surface area contributed by atoms with Gasteiger partial charge in [0, 0.05) is 19.6 Å². The van der Waals surface area contributed by atoms with Crippen molar-refractivity contribution in [3.05, 3.63) is 0 Å². The van der Waals surface area contributed by atoms with E-state index in [4.69, 9.17) is 38.6 Å². The lowest BCUT2D eigenvalue weighted by Gasteiger charge is -2.08. The third-order valence-corrected chi connectivity index (χ3v) is 3.44. The highest BCUT2D eigenvalue weighted by Crippen LogP contribution is 1.90. The Morgan fingerprint density at radius 3 is 1.39 bits per heavy atom. The number of carboxylic acids is 2. The maximum absolute atomic E-state index is 11.3. The molecular weight excluding hydrogens is 418 g/mol. The van der Waals surface area contributed by atoms with E-state index in [1.807, 2.05) is 0 Å². The molecule has 0 aromatic carbocycles. The van der Waals surface area contributed by atoms with E-state index in [1.165, 1.54) is 0 Å². The molecule has 0 radical (unpaired) electrons. The van der Waals surface area contributed by atoms with Gasteiger partial charge in [-0.1, -0.05) is 0 Å². The van der Waals surface area contributed by atoms with Gasteiger partial charge in [0.05, 0.1) is 72.5 Å². The molecule has 182 valence electrons. The summed E-state index contributed by atoms with van der Waals surface area (Å²) < 4.78 is 31.4. The minimum Gasteiger partial charge on any atom is -0.481 e. The summed E-state index contributed by atoms with van der Waals surface area (Å²) in [7, 11) is 0. The lowest BCUT2D eigenvalue weighted by molar-refractivity contribution is -0.142. The first-order chi connectivity index (χ1) is 15.0. The normalized spacial score (nSPS) is 10.8. The molecule has 0 heterocycles. The maximum atomic E-state index is 11.3. The first-order valence-corrected chi connectivity index (χ1v) is 10.2. The van der Waals surface area contributed by atoms with Crippen molar-refractivity contribution in [1.29, 1.82) is 0 Å². The number of carbonyl (C=O) groups excluding carboxylic acids is 1. The zero-order chi connectivity index (χ0) is 23.0. The lowest BCUT2D eigenvalue weighted by atomic mass is 10.3. The Morgan fingerprint density at radius 2 is 0.968 bits per heavy atom. The van der Waals surface area contributed by atoms with E-state index >= 15 is 0 Å². The Balaban J connectivity index is 3.10. The minimum atomic E-state index is -1.01.